The van der Waals surface area contributed by atoms with Crippen LogP contribution >= 0.6 is 11.6 Å². The number of phenols is 1. The van der Waals surface area contributed by atoms with E-state index in [0.717, 1.165) is 0 Å². The van der Waals surface area contributed by atoms with Gasteiger partial charge < -0.3 is 10.8 Å². The normalized spacial score (nSPS) is 10.2. The lowest BCUT2D eigenvalue weighted by molar-refractivity contribution is 0.103. The summed E-state index contributed by atoms with van der Waals surface area (Å²) in [5, 5.41) is 9.77. The number of aromatic hydroxyl groups is 1. The number of nitrogens with two attached hydrogens (primary N) is 1. The summed E-state index contributed by atoms with van der Waals surface area (Å²) in [4.78, 5) is 12.1. The Morgan fingerprint density at radius 2 is 1.94 bits per heavy atom. The van der Waals surface area contributed by atoms with Crippen LogP contribution in [0.5, 0.6) is 5.75 Å². The Labute approximate surface area is 103 Å². The number of carbonyl (C=O) groups is 1. The number of anilines is 1. The van der Waals surface area contributed by atoms with E-state index in [9.17, 15) is 9.90 Å². The van der Waals surface area contributed by atoms with Crippen molar-refractivity contribution in [3.05, 3.63) is 58.6 Å². The van der Waals surface area contributed by atoms with Gasteiger partial charge in [-0.15, -0.1) is 0 Å². The summed E-state index contributed by atoms with van der Waals surface area (Å²) in [6.07, 6.45) is 0. The molecule has 0 atom stereocenters. The monoisotopic (exact) mass is 247 g/mol. The summed E-state index contributed by atoms with van der Waals surface area (Å²) < 4.78 is 0. The highest BCUT2D eigenvalue weighted by Gasteiger charge is 2.13. The van der Waals surface area contributed by atoms with E-state index >= 15 is 0 Å². The maximum absolute atomic E-state index is 12.1. The fourth-order valence-electron chi connectivity index (χ4n) is 1.53. The van der Waals surface area contributed by atoms with Crippen molar-refractivity contribution in [3.8, 4) is 5.75 Å². The zero-order valence-corrected chi connectivity index (χ0v) is 9.61. The Balaban J connectivity index is 2.47. The topological polar surface area (TPSA) is 63.3 Å². The number of carbonyl (C=O) groups excluding carboxylic acids is 1. The van der Waals surface area contributed by atoms with Crippen LogP contribution in [-0.4, -0.2) is 10.9 Å². The van der Waals surface area contributed by atoms with Crippen LogP contribution in [0.15, 0.2) is 42.5 Å². The van der Waals surface area contributed by atoms with Gasteiger partial charge in [0.1, 0.15) is 5.75 Å². The van der Waals surface area contributed by atoms with Gasteiger partial charge in [-0.05, 0) is 30.3 Å². The molecule has 2 aromatic carbocycles. The standard InChI is InChI=1S/C13H10ClNO2/c14-9-4-5-12(15)11(7-9)13(17)8-2-1-3-10(16)6-8/h1-7,16H,15H2. The van der Waals surface area contributed by atoms with Crippen molar-refractivity contribution < 1.29 is 9.90 Å². The molecule has 0 bridgehead atoms. The van der Waals surface area contributed by atoms with Crippen molar-refractivity contribution in [2.24, 2.45) is 0 Å². The van der Waals surface area contributed by atoms with Crippen molar-refractivity contribution in [3.63, 3.8) is 0 Å². The molecule has 4 heteroatoms. The molecule has 0 aliphatic carbocycles. The van der Waals surface area contributed by atoms with Crippen molar-refractivity contribution in [2.45, 2.75) is 0 Å². The molecule has 86 valence electrons. The molecule has 0 saturated carbocycles. The van der Waals surface area contributed by atoms with E-state index < -0.39 is 0 Å². The zero-order chi connectivity index (χ0) is 12.4. The minimum atomic E-state index is -0.263. The van der Waals surface area contributed by atoms with E-state index in [4.69, 9.17) is 17.3 Å². The molecule has 2 rings (SSSR count). The molecule has 0 unspecified atom stereocenters. The number of rotatable bonds is 2. The van der Waals surface area contributed by atoms with E-state index in [-0.39, 0.29) is 11.5 Å². The van der Waals surface area contributed by atoms with E-state index in [1.165, 1.54) is 18.2 Å². The second-order valence-electron chi connectivity index (χ2n) is 3.61. The summed E-state index contributed by atoms with van der Waals surface area (Å²) >= 11 is 5.82. The highest BCUT2D eigenvalue weighted by molar-refractivity contribution is 6.31. The van der Waals surface area contributed by atoms with Crippen LogP contribution in [-0.2, 0) is 0 Å². The SMILES string of the molecule is Nc1ccc(Cl)cc1C(=O)c1cccc(O)c1. The molecule has 0 amide bonds. The predicted molar refractivity (Wildman–Crippen MR) is 67.4 cm³/mol. The highest BCUT2D eigenvalue weighted by atomic mass is 35.5. The minimum Gasteiger partial charge on any atom is -0.508 e. The first-order chi connectivity index (χ1) is 8.08. The third kappa shape index (κ3) is 2.40. The average molecular weight is 248 g/mol. The highest BCUT2D eigenvalue weighted by Crippen LogP contribution is 2.22. The Bertz CT molecular complexity index is 581. The van der Waals surface area contributed by atoms with E-state index in [0.29, 0.717) is 21.8 Å². The van der Waals surface area contributed by atoms with Gasteiger partial charge in [0.15, 0.2) is 5.78 Å². The number of phenolic OH excluding ortho intramolecular Hbond substituents is 1. The van der Waals surface area contributed by atoms with Crippen molar-refractivity contribution >= 4 is 23.1 Å². The summed E-state index contributed by atoms with van der Waals surface area (Å²) in [5.41, 5.74) is 6.80. The van der Waals surface area contributed by atoms with Crippen molar-refractivity contribution in [2.75, 3.05) is 5.73 Å². The lowest BCUT2D eigenvalue weighted by Crippen LogP contribution is -2.05. The largest absolute Gasteiger partial charge is 0.508 e. The molecule has 3 nitrogen and oxygen atoms in total. The predicted octanol–water partition coefficient (Wildman–Crippen LogP) is 2.86. The molecule has 0 heterocycles. The summed E-state index contributed by atoms with van der Waals surface area (Å²) in [5.74, 6) is -0.225. The van der Waals surface area contributed by atoms with Crippen LogP contribution in [0, 0.1) is 0 Å². The molecule has 2 aromatic rings. The molecule has 0 aromatic heterocycles. The van der Waals surface area contributed by atoms with Crippen LogP contribution in [0.25, 0.3) is 0 Å². The lowest BCUT2D eigenvalue weighted by Gasteiger charge is -2.05. The lowest BCUT2D eigenvalue weighted by atomic mass is 10.0. The summed E-state index contributed by atoms with van der Waals surface area (Å²) in [6, 6.07) is 10.8. The van der Waals surface area contributed by atoms with E-state index in [1.54, 1.807) is 24.3 Å². The van der Waals surface area contributed by atoms with Crippen molar-refractivity contribution in [1.29, 1.82) is 0 Å². The molecular formula is C13H10ClNO2. The minimum absolute atomic E-state index is 0.0384. The summed E-state index contributed by atoms with van der Waals surface area (Å²) in [6.45, 7) is 0. The van der Waals surface area contributed by atoms with Gasteiger partial charge in [0.25, 0.3) is 0 Å². The first-order valence-electron chi connectivity index (χ1n) is 4.96. The average Bonchev–Trinajstić information content (AvgIpc) is 2.31. The van der Waals surface area contributed by atoms with Crippen LogP contribution in [0.3, 0.4) is 0 Å². The molecule has 0 saturated heterocycles. The Hall–Kier alpha value is -2.00. The Morgan fingerprint density at radius 3 is 2.65 bits per heavy atom. The van der Waals surface area contributed by atoms with Gasteiger partial charge in [-0.2, -0.15) is 0 Å². The maximum Gasteiger partial charge on any atom is 0.195 e. The Morgan fingerprint density at radius 1 is 1.18 bits per heavy atom. The van der Waals surface area contributed by atoms with Crippen LogP contribution < -0.4 is 5.73 Å². The van der Waals surface area contributed by atoms with Gasteiger partial charge in [0.2, 0.25) is 0 Å². The van der Waals surface area contributed by atoms with Gasteiger partial charge in [-0.1, -0.05) is 23.7 Å². The number of nitrogen functional groups attached to an aromatic ring is 1. The number of hydrogen-bond acceptors (Lipinski definition) is 3. The van der Waals surface area contributed by atoms with Crippen LogP contribution in [0.2, 0.25) is 5.02 Å². The third-order valence-electron chi connectivity index (χ3n) is 2.37. The van der Waals surface area contributed by atoms with Gasteiger partial charge in [-0.25, -0.2) is 0 Å². The zero-order valence-electron chi connectivity index (χ0n) is 8.85. The van der Waals surface area contributed by atoms with E-state index in [2.05, 4.69) is 0 Å². The fraction of sp³-hybridized carbons (Fsp3) is 0. The quantitative estimate of drug-likeness (QED) is 0.634. The fourth-order valence-corrected chi connectivity index (χ4v) is 1.70. The molecule has 0 spiro atoms. The molecule has 0 fully saturated rings. The smallest absolute Gasteiger partial charge is 0.195 e. The third-order valence-corrected chi connectivity index (χ3v) is 2.60. The van der Waals surface area contributed by atoms with Crippen LogP contribution in [0.4, 0.5) is 5.69 Å². The van der Waals surface area contributed by atoms with Crippen LogP contribution in [0.1, 0.15) is 15.9 Å². The second-order valence-corrected chi connectivity index (χ2v) is 4.05. The molecule has 0 aliphatic rings. The van der Waals surface area contributed by atoms with Gasteiger partial charge >= 0.3 is 0 Å². The number of benzene rings is 2. The number of hydrogen-bond donors (Lipinski definition) is 2. The number of halogens is 1. The van der Waals surface area contributed by atoms with E-state index in [1.807, 2.05) is 0 Å². The molecule has 3 N–H and O–H groups in total. The molecular weight excluding hydrogens is 238 g/mol. The first kappa shape index (κ1) is 11.5. The number of ketones is 1. The Kier molecular flexibility index (Phi) is 3.02. The molecule has 0 aliphatic heterocycles. The molecule has 17 heavy (non-hydrogen) atoms. The first-order valence-corrected chi connectivity index (χ1v) is 5.34. The van der Waals surface area contributed by atoms with Gasteiger partial charge in [0.05, 0.1) is 0 Å². The molecule has 0 radical (unpaired) electrons. The van der Waals surface area contributed by atoms with Crippen molar-refractivity contribution in [1.82, 2.24) is 0 Å². The second kappa shape index (κ2) is 4.47. The van der Waals surface area contributed by atoms with Gasteiger partial charge in [-0.3, -0.25) is 4.79 Å². The maximum atomic E-state index is 12.1. The summed E-state index contributed by atoms with van der Waals surface area (Å²) in [7, 11) is 0. The van der Waals surface area contributed by atoms with Gasteiger partial charge in [0, 0.05) is 21.8 Å².